The Balaban J connectivity index is 1.91. The number of phenolic OH excluding ortho intramolecular Hbond substituents is 2. The third-order valence-corrected chi connectivity index (χ3v) is 5.51. The van der Waals surface area contributed by atoms with Crippen LogP contribution in [0.2, 0.25) is 0 Å². The first-order valence-corrected chi connectivity index (χ1v) is 10.4. The summed E-state index contributed by atoms with van der Waals surface area (Å²) in [5, 5.41) is 38.5. The maximum atomic E-state index is 11.7. The molecule has 32 heavy (non-hydrogen) atoms. The Labute approximate surface area is 187 Å². The zero-order valence-corrected chi connectivity index (χ0v) is 18.3. The highest BCUT2D eigenvalue weighted by Gasteiger charge is 2.21. The number of ether oxygens (including phenoxy) is 2. The molecule has 0 heterocycles. The Morgan fingerprint density at radius 2 is 1.12 bits per heavy atom. The number of carboxylic acid groups (broad SMARTS) is 2. The van der Waals surface area contributed by atoms with Crippen molar-refractivity contribution in [2.24, 2.45) is 11.8 Å². The van der Waals surface area contributed by atoms with Crippen LogP contribution in [-0.4, -0.2) is 46.6 Å². The zero-order valence-electron chi connectivity index (χ0n) is 18.3. The van der Waals surface area contributed by atoms with Gasteiger partial charge in [0.05, 0.1) is 26.1 Å². The number of carboxylic acids is 2. The second-order valence-corrected chi connectivity index (χ2v) is 7.78. The van der Waals surface area contributed by atoms with Crippen molar-refractivity contribution < 1.29 is 39.5 Å². The fraction of sp³-hybridized carbons (Fsp3) is 0.417. The molecule has 0 saturated heterocycles. The molecule has 2 rings (SSSR count). The van der Waals surface area contributed by atoms with Gasteiger partial charge in [-0.25, -0.2) is 0 Å². The molecule has 0 radical (unpaired) electrons. The lowest BCUT2D eigenvalue weighted by Gasteiger charge is -2.16. The van der Waals surface area contributed by atoms with Gasteiger partial charge in [0, 0.05) is 0 Å². The van der Waals surface area contributed by atoms with Gasteiger partial charge in [0.25, 0.3) is 0 Å². The second-order valence-electron chi connectivity index (χ2n) is 7.78. The lowest BCUT2D eigenvalue weighted by Crippen LogP contribution is -2.18. The van der Waals surface area contributed by atoms with Crippen molar-refractivity contribution in [3.63, 3.8) is 0 Å². The normalized spacial score (nSPS) is 12.7. The van der Waals surface area contributed by atoms with Gasteiger partial charge in [0.2, 0.25) is 0 Å². The Bertz CT molecular complexity index is 849. The van der Waals surface area contributed by atoms with Crippen LogP contribution in [0.15, 0.2) is 36.4 Å². The van der Waals surface area contributed by atoms with E-state index >= 15 is 0 Å². The van der Waals surface area contributed by atoms with E-state index in [2.05, 4.69) is 0 Å². The Kier molecular flexibility index (Phi) is 9.19. The minimum absolute atomic E-state index is 0.00548. The van der Waals surface area contributed by atoms with E-state index in [4.69, 9.17) is 9.47 Å². The summed E-state index contributed by atoms with van der Waals surface area (Å²) in [4.78, 5) is 23.4. The maximum absolute atomic E-state index is 11.7. The number of methoxy groups -OCH3 is 2. The van der Waals surface area contributed by atoms with Gasteiger partial charge in [0.1, 0.15) is 0 Å². The van der Waals surface area contributed by atoms with Gasteiger partial charge in [-0.3, -0.25) is 9.59 Å². The second kappa shape index (κ2) is 11.8. The molecule has 0 aliphatic heterocycles. The molecule has 2 atom stereocenters. The first kappa shape index (κ1) is 24.8. The third kappa shape index (κ3) is 7.08. The van der Waals surface area contributed by atoms with Crippen molar-refractivity contribution in [2.45, 2.75) is 38.5 Å². The summed E-state index contributed by atoms with van der Waals surface area (Å²) in [6.45, 7) is 0. The monoisotopic (exact) mass is 446 g/mol. The molecule has 0 fully saturated rings. The van der Waals surface area contributed by atoms with Gasteiger partial charge in [-0.15, -0.1) is 0 Å². The number of benzene rings is 2. The summed E-state index contributed by atoms with van der Waals surface area (Å²) in [7, 11) is 2.86. The van der Waals surface area contributed by atoms with E-state index in [1.54, 1.807) is 24.3 Å². The van der Waals surface area contributed by atoms with Crippen molar-refractivity contribution >= 4 is 11.9 Å². The molecular formula is C24H30O8. The lowest BCUT2D eigenvalue weighted by molar-refractivity contribution is -0.143. The minimum Gasteiger partial charge on any atom is -0.504 e. The van der Waals surface area contributed by atoms with Crippen molar-refractivity contribution in [3.05, 3.63) is 47.5 Å². The Hall–Kier alpha value is -3.42. The van der Waals surface area contributed by atoms with E-state index in [-0.39, 0.29) is 11.5 Å². The largest absolute Gasteiger partial charge is 0.504 e. The smallest absolute Gasteiger partial charge is 0.306 e. The highest BCUT2D eigenvalue weighted by Crippen LogP contribution is 2.30. The fourth-order valence-corrected chi connectivity index (χ4v) is 3.67. The zero-order chi connectivity index (χ0) is 23.7. The lowest BCUT2D eigenvalue weighted by atomic mass is 9.90. The topological polar surface area (TPSA) is 134 Å². The minimum atomic E-state index is -0.914. The van der Waals surface area contributed by atoms with Crippen LogP contribution in [0.4, 0.5) is 0 Å². The van der Waals surface area contributed by atoms with Crippen LogP contribution in [0, 0.1) is 11.8 Å². The van der Waals surface area contributed by atoms with Gasteiger partial charge >= 0.3 is 11.9 Å². The third-order valence-electron chi connectivity index (χ3n) is 5.51. The van der Waals surface area contributed by atoms with Gasteiger partial charge < -0.3 is 29.9 Å². The average molecular weight is 446 g/mol. The molecule has 0 aliphatic carbocycles. The number of aliphatic carboxylic acids is 2. The van der Waals surface area contributed by atoms with Crippen molar-refractivity contribution in [2.75, 3.05) is 14.2 Å². The number of hydrogen-bond acceptors (Lipinski definition) is 6. The van der Waals surface area contributed by atoms with E-state index < -0.39 is 23.8 Å². The summed E-state index contributed by atoms with van der Waals surface area (Å²) < 4.78 is 10.1. The van der Waals surface area contributed by atoms with Crippen molar-refractivity contribution in [3.8, 4) is 23.0 Å². The number of unbranched alkanes of at least 4 members (excludes halogenated alkanes) is 1. The molecule has 0 aromatic heterocycles. The molecular weight excluding hydrogens is 416 g/mol. The van der Waals surface area contributed by atoms with E-state index in [0.29, 0.717) is 50.0 Å². The molecule has 4 N–H and O–H groups in total. The molecule has 8 nitrogen and oxygen atoms in total. The maximum Gasteiger partial charge on any atom is 0.306 e. The highest BCUT2D eigenvalue weighted by molar-refractivity contribution is 5.71. The van der Waals surface area contributed by atoms with Crippen LogP contribution in [-0.2, 0) is 22.4 Å². The average Bonchev–Trinajstić information content (AvgIpc) is 2.76. The van der Waals surface area contributed by atoms with Crippen LogP contribution >= 0.6 is 0 Å². The van der Waals surface area contributed by atoms with Crippen LogP contribution in [0.25, 0.3) is 0 Å². The first-order chi connectivity index (χ1) is 15.2. The molecule has 0 saturated carbocycles. The number of hydrogen-bond donors (Lipinski definition) is 4. The van der Waals surface area contributed by atoms with Gasteiger partial charge in [-0.1, -0.05) is 25.0 Å². The number of rotatable bonds is 13. The summed E-state index contributed by atoms with van der Waals surface area (Å²) >= 11 is 0. The van der Waals surface area contributed by atoms with Crippen LogP contribution < -0.4 is 9.47 Å². The number of phenols is 2. The first-order valence-electron chi connectivity index (χ1n) is 10.4. The molecule has 0 spiro atoms. The summed E-state index contributed by atoms with van der Waals surface area (Å²) in [5.74, 6) is -2.49. The van der Waals surface area contributed by atoms with E-state index in [0.717, 1.165) is 11.1 Å². The molecule has 0 aliphatic rings. The number of carbonyl (C=O) groups is 2. The molecule has 2 unspecified atom stereocenters. The summed E-state index contributed by atoms with van der Waals surface area (Å²) in [5.41, 5.74) is 1.49. The van der Waals surface area contributed by atoms with E-state index in [1.807, 2.05) is 0 Å². The molecule has 0 amide bonds. The molecule has 174 valence electrons. The van der Waals surface area contributed by atoms with Crippen LogP contribution in [0.1, 0.15) is 36.8 Å². The van der Waals surface area contributed by atoms with Crippen LogP contribution in [0.5, 0.6) is 23.0 Å². The predicted molar refractivity (Wildman–Crippen MR) is 117 cm³/mol. The molecule has 2 aromatic carbocycles. The van der Waals surface area contributed by atoms with Gasteiger partial charge in [-0.2, -0.15) is 0 Å². The highest BCUT2D eigenvalue weighted by atomic mass is 16.5. The van der Waals surface area contributed by atoms with E-state index in [1.165, 1.54) is 26.4 Å². The Morgan fingerprint density at radius 1 is 0.750 bits per heavy atom. The van der Waals surface area contributed by atoms with Crippen molar-refractivity contribution in [1.29, 1.82) is 0 Å². The Morgan fingerprint density at radius 3 is 1.44 bits per heavy atom. The van der Waals surface area contributed by atoms with Crippen molar-refractivity contribution in [1.82, 2.24) is 0 Å². The SMILES string of the molecule is COc1cc(CC(CCCCC(Cc2ccc(O)c(OC)c2)C(=O)O)C(=O)O)ccc1O. The summed E-state index contributed by atoms with van der Waals surface area (Å²) in [6.07, 6.45) is 2.57. The molecule has 2 aromatic rings. The fourth-order valence-electron chi connectivity index (χ4n) is 3.67. The molecule has 0 bridgehead atoms. The summed E-state index contributed by atoms with van der Waals surface area (Å²) in [6, 6.07) is 9.53. The quantitative estimate of drug-likeness (QED) is 0.341. The number of aromatic hydroxyl groups is 2. The van der Waals surface area contributed by atoms with Gasteiger partial charge in [0.15, 0.2) is 23.0 Å². The molecule has 8 heteroatoms. The predicted octanol–water partition coefficient (Wildman–Crippen LogP) is 3.86. The van der Waals surface area contributed by atoms with Gasteiger partial charge in [-0.05, 0) is 61.1 Å². The van der Waals surface area contributed by atoms with Crippen LogP contribution in [0.3, 0.4) is 0 Å². The standard InChI is InChI=1S/C24H30O8/c1-31-21-13-15(7-9-19(21)25)11-17(23(27)28)5-3-4-6-18(24(29)30)12-16-8-10-20(26)22(14-16)32-2/h7-10,13-14,17-18,25-26H,3-6,11-12H2,1-2H3,(H,27,28)(H,29,30). The van der Waals surface area contributed by atoms with E-state index in [9.17, 15) is 30.0 Å².